The highest BCUT2D eigenvalue weighted by atomic mass is 35.5. The zero-order valence-electron chi connectivity index (χ0n) is 15.1. The lowest BCUT2D eigenvalue weighted by Crippen LogP contribution is -2.67. The van der Waals surface area contributed by atoms with Crippen molar-refractivity contribution in [2.75, 3.05) is 6.54 Å². The van der Waals surface area contributed by atoms with Crippen molar-refractivity contribution in [2.45, 2.75) is 29.5 Å². The van der Waals surface area contributed by atoms with Gasteiger partial charge >= 0.3 is 0 Å². The lowest BCUT2D eigenvalue weighted by atomic mass is 9.85. The fraction of sp³-hybridized carbons (Fsp3) is 0.263. The minimum absolute atomic E-state index is 0.0440. The first-order chi connectivity index (χ1) is 13.2. The van der Waals surface area contributed by atoms with Crippen molar-refractivity contribution in [3.8, 4) is 0 Å². The van der Waals surface area contributed by atoms with Crippen LogP contribution in [0.2, 0.25) is 4.34 Å². The molecule has 1 aromatic carbocycles. The van der Waals surface area contributed by atoms with Gasteiger partial charge in [-0.2, -0.15) is 0 Å². The second kappa shape index (κ2) is 8.06. The van der Waals surface area contributed by atoms with Crippen LogP contribution in [0.5, 0.6) is 0 Å². The van der Waals surface area contributed by atoms with Gasteiger partial charge in [-0.1, -0.05) is 54.1 Å². The topological polar surface area (TPSA) is 83.6 Å². The van der Waals surface area contributed by atoms with Gasteiger partial charge in [0.05, 0.1) is 4.34 Å². The average molecular weight is 439 g/mol. The number of carbonyl (C=O) groups excluding carboxylic acids is 2. The molecule has 1 aliphatic heterocycles. The molecule has 1 aromatic heterocycles. The lowest BCUT2D eigenvalue weighted by molar-refractivity contribution is -0.155. The van der Waals surface area contributed by atoms with Crippen LogP contribution in [0.25, 0.3) is 6.08 Å². The Labute approximate surface area is 172 Å². The number of nitrogens with zero attached hydrogens (tertiary/aromatic N) is 1. The highest BCUT2D eigenvalue weighted by Gasteiger charge is 2.50. The second-order valence-electron chi connectivity index (χ2n) is 6.58. The Balaban J connectivity index is 1.64. The summed E-state index contributed by atoms with van der Waals surface area (Å²) in [6.07, 6.45) is 4.09. The van der Waals surface area contributed by atoms with Crippen LogP contribution in [0.4, 0.5) is 0 Å². The van der Waals surface area contributed by atoms with Gasteiger partial charge in [-0.25, -0.2) is 13.1 Å². The fourth-order valence-corrected chi connectivity index (χ4v) is 5.45. The van der Waals surface area contributed by atoms with Crippen molar-refractivity contribution in [1.29, 1.82) is 0 Å². The van der Waals surface area contributed by atoms with E-state index in [9.17, 15) is 18.0 Å². The summed E-state index contributed by atoms with van der Waals surface area (Å²) in [5.41, 5.74) is -0.216. The number of benzene rings is 1. The summed E-state index contributed by atoms with van der Waals surface area (Å²) in [5.74, 6) is -0.948. The third-order valence-corrected chi connectivity index (χ3v) is 7.70. The molecule has 9 heteroatoms. The molecule has 0 spiro atoms. The number of rotatable bonds is 6. The fourth-order valence-electron chi connectivity index (χ4n) is 2.89. The highest BCUT2D eigenvalue weighted by molar-refractivity contribution is 7.92. The largest absolute Gasteiger partial charge is 0.328 e. The second-order valence-corrected chi connectivity index (χ2v) is 10.2. The Morgan fingerprint density at radius 1 is 1.25 bits per heavy atom. The van der Waals surface area contributed by atoms with Crippen LogP contribution in [-0.4, -0.2) is 37.2 Å². The summed E-state index contributed by atoms with van der Waals surface area (Å²) in [6, 6.07) is 12.3. The summed E-state index contributed by atoms with van der Waals surface area (Å²) < 4.78 is 27.0. The number of amides is 2. The van der Waals surface area contributed by atoms with Gasteiger partial charge in [0.2, 0.25) is 5.91 Å². The number of hydrogen-bond donors (Lipinski definition) is 1. The number of nitrogens with one attached hydrogen (secondary N) is 1. The molecular formula is C19H19ClN2O4S2. The Kier molecular flexibility index (Phi) is 5.92. The van der Waals surface area contributed by atoms with Crippen molar-refractivity contribution >= 4 is 50.9 Å². The summed E-state index contributed by atoms with van der Waals surface area (Å²) in [7, 11) is -4.02. The number of carbonyl (C=O) groups is 2. The Hall–Kier alpha value is -2.16. The molecule has 0 aliphatic carbocycles. The zero-order valence-corrected chi connectivity index (χ0v) is 17.5. The molecule has 0 radical (unpaired) electrons. The molecule has 0 bridgehead atoms. The highest BCUT2D eigenvalue weighted by Crippen LogP contribution is 2.32. The van der Waals surface area contributed by atoms with E-state index in [2.05, 4.69) is 4.72 Å². The summed E-state index contributed by atoms with van der Waals surface area (Å²) in [5, 5.41) is 0. The lowest BCUT2D eigenvalue weighted by Gasteiger charge is -2.48. The molecular weight excluding hydrogens is 420 g/mol. The molecule has 28 heavy (non-hydrogen) atoms. The van der Waals surface area contributed by atoms with Crippen LogP contribution < -0.4 is 4.72 Å². The smallest absolute Gasteiger partial charge is 0.273 e. The number of thiophene rings is 1. The molecule has 1 fully saturated rings. The maximum atomic E-state index is 12.6. The van der Waals surface area contributed by atoms with E-state index < -0.39 is 21.5 Å². The van der Waals surface area contributed by atoms with E-state index in [0.717, 1.165) is 16.9 Å². The molecule has 1 unspecified atom stereocenters. The number of hydrogen-bond acceptors (Lipinski definition) is 5. The van der Waals surface area contributed by atoms with Crippen molar-refractivity contribution in [3.63, 3.8) is 0 Å². The van der Waals surface area contributed by atoms with Crippen LogP contribution in [0.15, 0.2) is 52.7 Å². The Morgan fingerprint density at radius 3 is 2.54 bits per heavy atom. The van der Waals surface area contributed by atoms with Gasteiger partial charge in [0.25, 0.3) is 15.9 Å². The molecule has 3 rings (SSSR count). The minimum Gasteiger partial charge on any atom is -0.328 e. The first-order valence-corrected chi connectivity index (χ1v) is 11.2. The molecule has 2 heterocycles. The molecule has 6 nitrogen and oxygen atoms in total. The van der Waals surface area contributed by atoms with Crippen molar-refractivity contribution < 1.29 is 18.0 Å². The van der Waals surface area contributed by atoms with E-state index in [1.165, 1.54) is 17.0 Å². The Morgan fingerprint density at radius 2 is 1.96 bits per heavy atom. The average Bonchev–Trinajstić information content (AvgIpc) is 3.08. The third-order valence-electron chi connectivity index (χ3n) is 4.65. The van der Waals surface area contributed by atoms with Crippen LogP contribution in [0.1, 0.15) is 25.3 Å². The monoisotopic (exact) mass is 438 g/mol. The van der Waals surface area contributed by atoms with Gasteiger partial charge in [-0.05, 0) is 31.0 Å². The molecule has 1 atom stereocenters. The first kappa shape index (κ1) is 20.6. The molecule has 1 saturated heterocycles. The predicted octanol–water partition coefficient (Wildman–Crippen LogP) is 3.30. The maximum Gasteiger partial charge on any atom is 0.273 e. The van der Waals surface area contributed by atoms with Gasteiger partial charge in [-0.15, -0.1) is 11.3 Å². The normalized spacial score (nSPS) is 19.4. The quantitative estimate of drug-likeness (QED) is 0.750. The van der Waals surface area contributed by atoms with E-state index in [-0.39, 0.29) is 16.5 Å². The number of sulfonamides is 1. The van der Waals surface area contributed by atoms with E-state index in [4.69, 9.17) is 11.6 Å². The third kappa shape index (κ3) is 4.29. The first-order valence-electron chi connectivity index (χ1n) is 8.57. The number of halogens is 1. The molecule has 148 valence electrons. The van der Waals surface area contributed by atoms with Crippen molar-refractivity contribution in [3.05, 3.63) is 58.4 Å². The summed E-state index contributed by atoms with van der Waals surface area (Å²) in [4.78, 5) is 26.5. The van der Waals surface area contributed by atoms with Crippen LogP contribution in [-0.2, 0) is 19.6 Å². The van der Waals surface area contributed by atoms with Gasteiger partial charge in [-0.3, -0.25) is 9.59 Å². The Bertz CT molecular complexity index is 1020. The zero-order chi connectivity index (χ0) is 20.4. The van der Waals surface area contributed by atoms with Crippen molar-refractivity contribution in [2.24, 2.45) is 0 Å². The molecule has 1 aliphatic rings. The van der Waals surface area contributed by atoms with Gasteiger partial charge in [0, 0.05) is 13.0 Å². The van der Waals surface area contributed by atoms with Gasteiger partial charge in [0.1, 0.15) is 9.75 Å². The summed E-state index contributed by atoms with van der Waals surface area (Å²) >= 11 is 6.63. The molecule has 2 amide bonds. The summed E-state index contributed by atoms with van der Waals surface area (Å²) in [6.45, 7) is 1.98. The number of likely N-dealkylation sites (tertiary alicyclic amines) is 1. The van der Waals surface area contributed by atoms with E-state index in [1.807, 2.05) is 36.4 Å². The molecule has 2 aromatic rings. The van der Waals surface area contributed by atoms with E-state index in [1.54, 1.807) is 13.0 Å². The van der Waals surface area contributed by atoms with Crippen LogP contribution >= 0.6 is 22.9 Å². The maximum absolute atomic E-state index is 12.6. The van der Waals surface area contributed by atoms with Crippen LogP contribution in [0.3, 0.4) is 0 Å². The molecule has 1 N–H and O–H groups in total. The van der Waals surface area contributed by atoms with Gasteiger partial charge < -0.3 is 4.90 Å². The van der Waals surface area contributed by atoms with E-state index >= 15 is 0 Å². The minimum atomic E-state index is -4.02. The van der Waals surface area contributed by atoms with Gasteiger partial charge in [0.15, 0.2) is 0 Å². The predicted molar refractivity (Wildman–Crippen MR) is 109 cm³/mol. The standard InChI is InChI=1S/C19H19ClN2O4S2/c1-19(18(24)21-28(25,26)17-11-10-15(20)27-17)12-13-22(19)16(23)9-5-8-14-6-3-2-4-7-14/h2-8,10-11H,9,12-13H2,1H3,(H,21,24)/b8-5+. The van der Waals surface area contributed by atoms with Crippen molar-refractivity contribution in [1.82, 2.24) is 9.62 Å². The van der Waals surface area contributed by atoms with Crippen LogP contribution in [0, 0.1) is 0 Å². The SMILES string of the molecule is CC1(C(=O)NS(=O)(=O)c2ccc(Cl)s2)CCN1C(=O)C/C=C/c1ccccc1. The molecule has 0 saturated carbocycles. The van der Waals surface area contributed by atoms with E-state index in [0.29, 0.717) is 17.3 Å².